The lowest BCUT2D eigenvalue weighted by molar-refractivity contribution is -0.385. The van der Waals surface area contributed by atoms with Gasteiger partial charge in [-0.25, -0.2) is 10.3 Å². The van der Waals surface area contributed by atoms with E-state index in [0.717, 1.165) is 0 Å². The largest absolute Gasteiger partial charge is 0.362 e. The minimum atomic E-state index is -0.739. The first kappa shape index (κ1) is 21.7. The van der Waals surface area contributed by atoms with E-state index in [2.05, 4.69) is 15.7 Å². The molecule has 3 rings (SSSR count). The first-order valence-corrected chi connectivity index (χ1v) is 8.86. The molecule has 0 aliphatic heterocycles. The second-order valence-electron chi connectivity index (χ2n) is 6.15. The summed E-state index contributed by atoms with van der Waals surface area (Å²) in [5, 5.41) is 28.6. The Kier molecular flexibility index (Phi) is 6.56. The summed E-state index contributed by atoms with van der Waals surface area (Å²) in [6.07, 6.45) is 0. The maximum Gasteiger partial charge on any atom is 0.362 e. The first-order chi connectivity index (χ1) is 15.3. The van der Waals surface area contributed by atoms with Gasteiger partial charge in [0.25, 0.3) is 17.3 Å². The lowest BCUT2D eigenvalue weighted by Crippen LogP contribution is -2.10. The molecule has 0 heterocycles. The Bertz CT molecular complexity index is 1190. The second kappa shape index (κ2) is 9.67. The van der Waals surface area contributed by atoms with Crippen molar-refractivity contribution in [3.8, 4) is 0 Å². The van der Waals surface area contributed by atoms with Gasteiger partial charge in [0.05, 0.1) is 26.8 Å². The standard InChI is InChI=1S/C20H13N5O7/c26-19(13-1-9-17(10-2-13)24(28)29)22-21-15-5-7-16(8-6-15)23-32-20(27)14-3-11-18(12-4-14)25(30)31/h1-12,23H. The maximum atomic E-state index is 12.0. The van der Waals surface area contributed by atoms with E-state index in [1.54, 1.807) is 0 Å². The molecular weight excluding hydrogens is 422 g/mol. The molecule has 0 radical (unpaired) electrons. The Balaban J connectivity index is 1.55. The minimum absolute atomic E-state index is 0.123. The van der Waals surface area contributed by atoms with E-state index < -0.39 is 21.7 Å². The number of nitro groups is 2. The smallest absolute Gasteiger partial charge is 0.338 e. The van der Waals surface area contributed by atoms with Crippen molar-refractivity contribution in [3.05, 3.63) is 104 Å². The molecule has 0 saturated heterocycles. The molecular formula is C20H13N5O7. The molecule has 1 N–H and O–H groups in total. The van der Waals surface area contributed by atoms with Crippen LogP contribution in [0.1, 0.15) is 20.7 Å². The summed E-state index contributed by atoms with van der Waals surface area (Å²) < 4.78 is 0. The molecule has 0 unspecified atom stereocenters. The van der Waals surface area contributed by atoms with Crippen molar-refractivity contribution in [2.45, 2.75) is 0 Å². The number of nitrogens with one attached hydrogen (secondary N) is 1. The van der Waals surface area contributed by atoms with E-state index in [9.17, 15) is 29.8 Å². The number of hydrogen-bond donors (Lipinski definition) is 1. The third-order valence-electron chi connectivity index (χ3n) is 4.02. The second-order valence-corrected chi connectivity index (χ2v) is 6.15. The van der Waals surface area contributed by atoms with E-state index in [1.807, 2.05) is 0 Å². The van der Waals surface area contributed by atoms with Crippen LogP contribution in [-0.2, 0) is 4.84 Å². The van der Waals surface area contributed by atoms with E-state index in [0.29, 0.717) is 11.4 Å². The lowest BCUT2D eigenvalue weighted by Gasteiger charge is -2.06. The van der Waals surface area contributed by atoms with Gasteiger partial charge in [0.15, 0.2) is 0 Å². The van der Waals surface area contributed by atoms with Gasteiger partial charge in [-0.15, -0.1) is 10.2 Å². The fourth-order valence-corrected chi connectivity index (χ4v) is 2.37. The van der Waals surface area contributed by atoms with Crippen molar-refractivity contribution in [1.29, 1.82) is 0 Å². The number of amides is 1. The molecule has 12 nitrogen and oxygen atoms in total. The summed E-state index contributed by atoms with van der Waals surface area (Å²) in [6.45, 7) is 0. The molecule has 0 saturated carbocycles. The highest BCUT2D eigenvalue weighted by molar-refractivity contribution is 5.94. The normalized spacial score (nSPS) is 10.5. The summed E-state index contributed by atoms with van der Waals surface area (Å²) >= 11 is 0. The fourth-order valence-electron chi connectivity index (χ4n) is 2.37. The number of carbonyl (C=O) groups excluding carboxylic acids is 2. The van der Waals surface area contributed by atoms with Gasteiger partial charge in [0.2, 0.25) is 0 Å². The fraction of sp³-hybridized carbons (Fsp3) is 0. The Morgan fingerprint density at radius 3 is 1.75 bits per heavy atom. The highest BCUT2D eigenvalue weighted by Crippen LogP contribution is 2.19. The van der Waals surface area contributed by atoms with Gasteiger partial charge in [0, 0.05) is 29.8 Å². The van der Waals surface area contributed by atoms with Crippen molar-refractivity contribution >= 4 is 34.6 Å². The van der Waals surface area contributed by atoms with Crippen LogP contribution in [-0.4, -0.2) is 21.7 Å². The molecule has 160 valence electrons. The number of nitrogens with zero attached hydrogens (tertiary/aromatic N) is 4. The summed E-state index contributed by atoms with van der Waals surface area (Å²) in [7, 11) is 0. The third-order valence-corrected chi connectivity index (χ3v) is 4.02. The first-order valence-electron chi connectivity index (χ1n) is 8.86. The Hall–Kier alpha value is -5.00. The molecule has 0 aliphatic rings. The van der Waals surface area contributed by atoms with Crippen molar-refractivity contribution in [2.24, 2.45) is 10.2 Å². The van der Waals surface area contributed by atoms with Gasteiger partial charge >= 0.3 is 5.97 Å². The van der Waals surface area contributed by atoms with Crippen LogP contribution in [0.15, 0.2) is 83.0 Å². The molecule has 3 aromatic carbocycles. The van der Waals surface area contributed by atoms with Gasteiger partial charge in [-0.1, -0.05) is 0 Å². The van der Waals surface area contributed by atoms with Gasteiger partial charge in [-0.3, -0.25) is 25.0 Å². The van der Waals surface area contributed by atoms with Crippen LogP contribution in [0.5, 0.6) is 0 Å². The molecule has 12 heteroatoms. The zero-order chi connectivity index (χ0) is 23.1. The number of rotatable bonds is 7. The Morgan fingerprint density at radius 1 is 0.750 bits per heavy atom. The average molecular weight is 435 g/mol. The zero-order valence-electron chi connectivity index (χ0n) is 16.1. The van der Waals surface area contributed by atoms with Crippen LogP contribution in [0.4, 0.5) is 22.7 Å². The average Bonchev–Trinajstić information content (AvgIpc) is 2.81. The quantitative estimate of drug-likeness (QED) is 0.319. The molecule has 0 atom stereocenters. The highest BCUT2D eigenvalue weighted by Gasteiger charge is 2.11. The summed E-state index contributed by atoms with van der Waals surface area (Å²) in [6, 6.07) is 15.9. The number of carbonyl (C=O) groups is 2. The molecule has 0 fully saturated rings. The van der Waals surface area contributed by atoms with Crippen LogP contribution < -0.4 is 5.48 Å². The zero-order valence-corrected chi connectivity index (χ0v) is 16.1. The lowest BCUT2D eigenvalue weighted by atomic mass is 10.2. The maximum absolute atomic E-state index is 12.0. The molecule has 3 aromatic rings. The van der Waals surface area contributed by atoms with Gasteiger partial charge in [-0.05, 0) is 48.5 Å². The predicted octanol–water partition coefficient (Wildman–Crippen LogP) is 4.61. The van der Waals surface area contributed by atoms with Crippen LogP contribution in [0, 0.1) is 20.2 Å². The molecule has 0 spiro atoms. The van der Waals surface area contributed by atoms with E-state index >= 15 is 0 Å². The molecule has 0 aromatic heterocycles. The number of non-ortho nitro benzene ring substituents is 2. The van der Waals surface area contributed by atoms with Crippen LogP contribution in [0.2, 0.25) is 0 Å². The van der Waals surface area contributed by atoms with Crippen molar-refractivity contribution in [2.75, 3.05) is 5.48 Å². The van der Waals surface area contributed by atoms with E-state index in [1.165, 1.54) is 72.8 Å². The van der Waals surface area contributed by atoms with Crippen LogP contribution in [0.3, 0.4) is 0 Å². The molecule has 1 amide bonds. The van der Waals surface area contributed by atoms with E-state index in [-0.39, 0.29) is 22.5 Å². The highest BCUT2D eigenvalue weighted by atomic mass is 16.7. The number of benzene rings is 3. The molecule has 32 heavy (non-hydrogen) atoms. The van der Waals surface area contributed by atoms with Crippen LogP contribution >= 0.6 is 0 Å². The number of anilines is 1. The molecule has 0 aliphatic carbocycles. The van der Waals surface area contributed by atoms with Crippen LogP contribution in [0.25, 0.3) is 0 Å². The van der Waals surface area contributed by atoms with Crippen molar-refractivity contribution < 1.29 is 24.3 Å². The van der Waals surface area contributed by atoms with Gasteiger partial charge < -0.3 is 4.84 Å². The third kappa shape index (κ3) is 5.54. The van der Waals surface area contributed by atoms with Gasteiger partial charge in [-0.2, -0.15) is 0 Å². The molecule has 0 bridgehead atoms. The monoisotopic (exact) mass is 435 g/mol. The number of hydrogen-bond acceptors (Lipinski definition) is 9. The Labute approximate surface area is 179 Å². The summed E-state index contributed by atoms with van der Waals surface area (Å²) in [4.78, 5) is 49.0. The number of azo groups is 1. The minimum Gasteiger partial charge on any atom is -0.338 e. The predicted molar refractivity (Wildman–Crippen MR) is 111 cm³/mol. The summed E-state index contributed by atoms with van der Waals surface area (Å²) in [5.41, 5.74) is 3.16. The van der Waals surface area contributed by atoms with Gasteiger partial charge in [0.1, 0.15) is 0 Å². The SMILES string of the molecule is O=C(N=Nc1ccc(NOC(=O)c2ccc([N+](=O)[O-])cc2)cc1)c1ccc([N+](=O)[O-])cc1. The summed E-state index contributed by atoms with van der Waals surface area (Å²) in [5.74, 6) is -1.41. The topological polar surface area (TPSA) is 166 Å². The van der Waals surface area contributed by atoms with Crippen molar-refractivity contribution in [1.82, 2.24) is 0 Å². The van der Waals surface area contributed by atoms with E-state index in [4.69, 9.17) is 4.84 Å². The number of nitro benzene ring substituents is 2. The Morgan fingerprint density at radius 2 is 1.25 bits per heavy atom. The van der Waals surface area contributed by atoms with Crippen molar-refractivity contribution in [3.63, 3.8) is 0 Å².